The zero-order valence-corrected chi connectivity index (χ0v) is 18.8. The molecule has 5 rings (SSSR count). The van der Waals surface area contributed by atoms with Crippen LogP contribution in [-0.2, 0) is 16.3 Å². The molecule has 0 aliphatic carbocycles. The summed E-state index contributed by atoms with van der Waals surface area (Å²) in [5.41, 5.74) is 5.46. The minimum atomic E-state index is -3.61. The summed E-state index contributed by atoms with van der Waals surface area (Å²) in [5, 5.41) is 1.04. The zero-order chi connectivity index (χ0) is 23.0. The van der Waals surface area contributed by atoms with E-state index in [1.165, 1.54) is 12.1 Å². The van der Waals surface area contributed by atoms with Crippen LogP contribution in [0.3, 0.4) is 0 Å². The van der Waals surface area contributed by atoms with Crippen LogP contribution in [0.25, 0.3) is 33.2 Å². The monoisotopic (exact) mass is 456 g/mol. The number of hydrogen-bond donors (Lipinski definition) is 0. The van der Waals surface area contributed by atoms with Gasteiger partial charge in [-0.3, -0.25) is 0 Å². The van der Waals surface area contributed by atoms with Crippen LogP contribution in [0.2, 0.25) is 0 Å². The quantitative estimate of drug-likeness (QED) is 0.289. The first-order chi connectivity index (χ1) is 15.9. The second-order valence-electron chi connectivity index (χ2n) is 8.05. The largest absolute Gasteiger partial charge is 0.460 e. The molecule has 0 fully saturated rings. The minimum absolute atomic E-state index is 0.293. The van der Waals surface area contributed by atoms with E-state index in [1.807, 2.05) is 60.7 Å². The number of rotatable bonds is 5. The second kappa shape index (κ2) is 8.34. The number of halogens is 1. The van der Waals surface area contributed by atoms with Crippen LogP contribution in [0, 0.1) is 5.82 Å². The molecular formula is C28H21FO3S. The van der Waals surface area contributed by atoms with E-state index in [0.29, 0.717) is 12.0 Å². The summed E-state index contributed by atoms with van der Waals surface area (Å²) in [7, 11) is -3.61. The maximum atomic E-state index is 14.4. The zero-order valence-electron chi connectivity index (χ0n) is 18.0. The molecular weight excluding hydrogens is 435 g/mol. The lowest BCUT2D eigenvalue weighted by molar-refractivity contribution is 0.564. The molecule has 0 aliphatic heterocycles. The van der Waals surface area contributed by atoms with Crippen molar-refractivity contribution in [3.05, 3.63) is 114 Å². The van der Waals surface area contributed by atoms with Crippen LogP contribution in [-0.4, -0.2) is 14.7 Å². The molecule has 164 valence electrons. The molecule has 5 heteroatoms. The molecule has 0 spiro atoms. The van der Waals surface area contributed by atoms with E-state index in [2.05, 4.69) is 18.2 Å². The van der Waals surface area contributed by atoms with Crippen molar-refractivity contribution in [1.29, 1.82) is 0 Å². The maximum Gasteiger partial charge on any atom is 0.178 e. The summed E-state index contributed by atoms with van der Waals surface area (Å²) in [6.07, 6.45) is 1.67. The Bertz CT molecular complexity index is 1550. The van der Waals surface area contributed by atoms with E-state index in [0.717, 1.165) is 45.2 Å². The molecule has 0 unspecified atom stereocenters. The Morgan fingerprint density at radius 1 is 0.758 bits per heavy atom. The molecule has 0 N–H and O–H groups in total. The molecule has 0 aliphatic rings. The Balaban J connectivity index is 1.55. The molecule has 0 saturated carbocycles. The van der Waals surface area contributed by atoms with Crippen LogP contribution in [0.5, 0.6) is 0 Å². The van der Waals surface area contributed by atoms with Crippen molar-refractivity contribution in [2.24, 2.45) is 0 Å². The van der Waals surface area contributed by atoms with Gasteiger partial charge in [0, 0.05) is 23.6 Å². The highest BCUT2D eigenvalue weighted by Crippen LogP contribution is 2.37. The van der Waals surface area contributed by atoms with Gasteiger partial charge < -0.3 is 4.42 Å². The van der Waals surface area contributed by atoms with E-state index >= 15 is 0 Å². The molecule has 0 atom stereocenters. The van der Waals surface area contributed by atoms with Crippen molar-refractivity contribution in [1.82, 2.24) is 0 Å². The van der Waals surface area contributed by atoms with Gasteiger partial charge in [0.05, 0.1) is 0 Å². The van der Waals surface area contributed by atoms with Crippen molar-refractivity contribution >= 4 is 20.8 Å². The normalized spacial score (nSPS) is 11.7. The van der Waals surface area contributed by atoms with Crippen LogP contribution >= 0.6 is 0 Å². The fourth-order valence-corrected chi connectivity index (χ4v) is 4.86. The number of fused-ring (bicyclic) bond motifs is 1. The lowest BCUT2D eigenvalue weighted by Crippen LogP contribution is -2.00. The summed E-state index contributed by atoms with van der Waals surface area (Å²) in [5.74, 6) is 0.142. The van der Waals surface area contributed by atoms with Crippen molar-refractivity contribution < 1.29 is 17.2 Å². The van der Waals surface area contributed by atoms with E-state index in [-0.39, 0.29) is 4.90 Å². The Morgan fingerprint density at radius 3 is 2.09 bits per heavy atom. The Labute approximate surface area is 192 Å². The van der Waals surface area contributed by atoms with Gasteiger partial charge in [-0.05, 0) is 40.5 Å². The Kier molecular flexibility index (Phi) is 5.35. The third-order valence-corrected chi connectivity index (χ3v) is 6.84. The van der Waals surface area contributed by atoms with Crippen molar-refractivity contribution in [3.8, 4) is 22.3 Å². The highest BCUT2D eigenvalue weighted by molar-refractivity contribution is 7.90. The molecule has 5 aromatic rings. The van der Waals surface area contributed by atoms with Crippen LogP contribution in [0.15, 0.2) is 106 Å². The van der Waals surface area contributed by atoms with Crippen LogP contribution in [0.4, 0.5) is 4.39 Å². The maximum absolute atomic E-state index is 14.4. The first-order valence-corrected chi connectivity index (χ1v) is 12.4. The topological polar surface area (TPSA) is 47.3 Å². The van der Waals surface area contributed by atoms with Gasteiger partial charge >= 0.3 is 0 Å². The third kappa shape index (κ3) is 4.20. The van der Waals surface area contributed by atoms with Crippen LogP contribution < -0.4 is 0 Å². The first-order valence-electron chi connectivity index (χ1n) is 10.5. The molecule has 1 aromatic heterocycles. The van der Waals surface area contributed by atoms with Crippen molar-refractivity contribution in [3.63, 3.8) is 0 Å². The molecule has 0 saturated heterocycles. The molecule has 0 radical (unpaired) electrons. The van der Waals surface area contributed by atoms with Gasteiger partial charge in [0.1, 0.15) is 22.1 Å². The highest BCUT2D eigenvalue weighted by atomic mass is 32.2. The summed E-state index contributed by atoms with van der Waals surface area (Å²) in [6, 6.07) is 30.2. The van der Waals surface area contributed by atoms with Crippen molar-refractivity contribution in [2.45, 2.75) is 11.3 Å². The molecule has 33 heavy (non-hydrogen) atoms. The van der Waals surface area contributed by atoms with E-state index < -0.39 is 15.7 Å². The number of benzene rings is 4. The number of para-hydroxylation sites is 1. The standard InChI is InChI=1S/C28H21FO3S/c1-33(30,31)27-16-15-22(18-24(27)29)20-11-13-21(14-12-20)28-23-9-5-6-10-25(23)32-26(28)17-19-7-3-2-4-8-19/h2-16,18H,17H2,1H3. The van der Waals surface area contributed by atoms with E-state index in [4.69, 9.17) is 4.42 Å². The van der Waals surface area contributed by atoms with Gasteiger partial charge in [0.25, 0.3) is 0 Å². The molecule has 3 nitrogen and oxygen atoms in total. The first kappa shape index (κ1) is 21.2. The van der Waals surface area contributed by atoms with Gasteiger partial charge in [-0.1, -0.05) is 78.9 Å². The van der Waals surface area contributed by atoms with Crippen molar-refractivity contribution in [2.75, 3.05) is 6.26 Å². The fraction of sp³-hybridized carbons (Fsp3) is 0.0714. The van der Waals surface area contributed by atoms with Gasteiger partial charge in [-0.25, -0.2) is 12.8 Å². The minimum Gasteiger partial charge on any atom is -0.460 e. The summed E-state index contributed by atoms with van der Waals surface area (Å²) < 4.78 is 44.0. The third-order valence-electron chi connectivity index (χ3n) is 5.71. The Hall–Kier alpha value is -3.70. The Morgan fingerprint density at radius 2 is 1.39 bits per heavy atom. The molecule has 0 amide bonds. The summed E-state index contributed by atoms with van der Waals surface area (Å²) in [4.78, 5) is -0.293. The lowest BCUT2D eigenvalue weighted by Gasteiger charge is -2.08. The van der Waals surface area contributed by atoms with E-state index in [1.54, 1.807) is 6.07 Å². The fourth-order valence-electron chi connectivity index (χ4n) is 4.13. The van der Waals surface area contributed by atoms with Gasteiger partial charge in [0.2, 0.25) is 0 Å². The number of sulfone groups is 1. The number of hydrogen-bond acceptors (Lipinski definition) is 3. The lowest BCUT2D eigenvalue weighted by atomic mass is 9.96. The second-order valence-corrected chi connectivity index (χ2v) is 10.0. The number of furan rings is 1. The van der Waals surface area contributed by atoms with E-state index in [9.17, 15) is 12.8 Å². The average Bonchev–Trinajstić information content (AvgIpc) is 3.16. The predicted octanol–water partition coefficient (Wildman–Crippen LogP) is 6.90. The highest BCUT2D eigenvalue weighted by Gasteiger charge is 2.17. The SMILES string of the molecule is CS(=O)(=O)c1ccc(-c2ccc(-c3c(Cc4ccccc4)oc4ccccc34)cc2)cc1F. The predicted molar refractivity (Wildman–Crippen MR) is 129 cm³/mol. The molecule has 0 bridgehead atoms. The summed E-state index contributed by atoms with van der Waals surface area (Å²) in [6.45, 7) is 0. The summed E-state index contributed by atoms with van der Waals surface area (Å²) >= 11 is 0. The average molecular weight is 457 g/mol. The van der Waals surface area contributed by atoms with Gasteiger partial charge in [-0.2, -0.15) is 0 Å². The molecule has 1 heterocycles. The van der Waals surface area contributed by atoms with Gasteiger partial charge in [0.15, 0.2) is 9.84 Å². The van der Waals surface area contributed by atoms with Gasteiger partial charge in [-0.15, -0.1) is 0 Å². The van der Waals surface area contributed by atoms with Crippen LogP contribution in [0.1, 0.15) is 11.3 Å². The molecule has 4 aromatic carbocycles. The smallest absolute Gasteiger partial charge is 0.178 e.